The molecule has 0 saturated carbocycles. The van der Waals surface area contributed by atoms with Crippen molar-refractivity contribution in [1.82, 2.24) is 0 Å². The first kappa shape index (κ1) is 12.4. The van der Waals surface area contributed by atoms with Gasteiger partial charge in [-0.1, -0.05) is 48.5 Å². The van der Waals surface area contributed by atoms with Crippen LogP contribution >= 0.6 is 22.7 Å². The van der Waals surface area contributed by atoms with E-state index in [0.29, 0.717) is 0 Å². The summed E-state index contributed by atoms with van der Waals surface area (Å²) in [5.74, 6) is 0. The quantitative estimate of drug-likeness (QED) is 0.314. The topological polar surface area (TPSA) is 0 Å². The van der Waals surface area contributed by atoms with Gasteiger partial charge in [-0.05, 0) is 29.7 Å². The molecule has 2 heterocycles. The van der Waals surface area contributed by atoms with Gasteiger partial charge in [0.05, 0.1) is 0 Å². The predicted molar refractivity (Wildman–Crippen MR) is 100 cm³/mol. The largest absolute Gasteiger partial charge is 0.135 e. The highest BCUT2D eigenvalue weighted by Gasteiger charge is 2.12. The molecule has 0 spiro atoms. The minimum absolute atomic E-state index is 1.33. The standard InChI is InChI=1S/C20H12S2/c1-3-9-16-13(6-1)12-19(21-16)15-8-5-11-18-20(15)14-7-2-4-10-17(14)22-18/h1-12H. The zero-order valence-electron chi connectivity index (χ0n) is 11.7. The summed E-state index contributed by atoms with van der Waals surface area (Å²) in [6.45, 7) is 0. The van der Waals surface area contributed by atoms with E-state index in [2.05, 4.69) is 72.8 Å². The number of hydrogen-bond donors (Lipinski definition) is 0. The molecule has 22 heavy (non-hydrogen) atoms. The molecule has 0 bridgehead atoms. The number of thiophene rings is 2. The first-order valence-corrected chi connectivity index (χ1v) is 8.93. The zero-order chi connectivity index (χ0) is 14.5. The molecule has 5 rings (SSSR count). The fourth-order valence-electron chi connectivity index (χ4n) is 3.09. The van der Waals surface area contributed by atoms with Gasteiger partial charge in [0.15, 0.2) is 0 Å². The summed E-state index contributed by atoms with van der Waals surface area (Å²) in [5, 5.41) is 4.10. The Morgan fingerprint density at radius 3 is 2.27 bits per heavy atom. The van der Waals surface area contributed by atoms with Crippen LogP contribution in [0.3, 0.4) is 0 Å². The van der Waals surface area contributed by atoms with Crippen LogP contribution in [0, 0.1) is 0 Å². The van der Waals surface area contributed by atoms with Crippen LogP contribution in [-0.4, -0.2) is 0 Å². The Balaban J connectivity index is 1.90. The monoisotopic (exact) mass is 316 g/mol. The normalized spacial score (nSPS) is 11.6. The second-order valence-electron chi connectivity index (χ2n) is 5.43. The lowest BCUT2D eigenvalue weighted by molar-refractivity contribution is 1.81. The first-order chi connectivity index (χ1) is 10.9. The van der Waals surface area contributed by atoms with Gasteiger partial charge in [-0.2, -0.15) is 0 Å². The van der Waals surface area contributed by atoms with Crippen molar-refractivity contribution in [2.24, 2.45) is 0 Å². The van der Waals surface area contributed by atoms with Crippen molar-refractivity contribution < 1.29 is 0 Å². The van der Waals surface area contributed by atoms with Crippen molar-refractivity contribution in [1.29, 1.82) is 0 Å². The third-order valence-corrected chi connectivity index (χ3v) is 6.38. The molecule has 0 aliphatic heterocycles. The number of benzene rings is 3. The fourth-order valence-corrected chi connectivity index (χ4v) is 5.32. The molecule has 0 atom stereocenters. The smallest absolute Gasteiger partial charge is 0.0362 e. The molecule has 0 fully saturated rings. The van der Waals surface area contributed by atoms with Crippen LogP contribution in [0.4, 0.5) is 0 Å². The van der Waals surface area contributed by atoms with Crippen LogP contribution in [0.1, 0.15) is 0 Å². The Labute approximate surface area is 136 Å². The van der Waals surface area contributed by atoms with Crippen molar-refractivity contribution in [2.75, 3.05) is 0 Å². The third kappa shape index (κ3) is 1.75. The molecule has 3 aromatic carbocycles. The Morgan fingerprint density at radius 1 is 0.591 bits per heavy atom. The van der Waals surface area contributed by atoms with Gasteiger partial charge in [-0.3, -0.25) is 0 Å². The molecule has 0 saturated heterocycles. The molecule has 0 aliphatic carbocycles. The van der Waals surface area contributed by atoms with E-state index < -0.39 is 0 Å². The van der Waals surface area contributed by atoms with E-state index in [1.807, 2.05) is 22.7 Å². The predicted octanol–water partition coefficient (Wildman–Crippen LogP) is 6.94. The molecule has 0 amide bonds. The van der Waals surface area contributed by atoms with Crippen molar-refractivity contribution in [3.63, 3.8) is 0 Å². The summed E-state index contributed by atoms with van der Waals surface area (Å²) in [5.41, 5.74) is 1.36. The van der Waals surface area contributed by atoms with Crippen LogP contribution in [0.15, 0.2) is 72.8 Å². The van der Waals surface area contributed by atoms with Gasteiger partial charge in [0.1, 0.15) is 0 Å². The van der Waals surface area contributed by atoms with Gasteiger partial charge in [0.25, 0.3) is 0 Å². The molecule has 0 nitrogen and oxygen atoms in total. The summed E-state index contributed by atoms with van der Waals surface area (Å²) in [6, 6.07) is 26.3. The van der Waals surface area contributed by atoms with Gasteiger partial charge in [0.2, 0.25) is 0 Å². The lowest BCUT2D eigenvalue weighted by Gasteiger charge is -2.01. The van der Waals surface area contributed by atoms with Gasteiger partial charge in [-0.25, -0.2) is 0 Å². The highest BCUT2D eigenvalue weighted by Crippen LogP contribution is 2.42. The minimum atomic E-state index is 1.33. The maximum atomic E-state index is 2.32. The van der Waals surface area contributed by atoms with Crippen LogP contribution in [0.2, 0.25) is 0 Å². The molecule has 0 unspecified atom stereocenters. The Bertz CT molecular complexity index is 1100. The van der Waals surface area contributed by atoms with Gasteiger partial charge >= 0.3 is 0 Å². The van der Waals surface area contributed by atoms with E-state index in [9.17, 15) is 0 Å². The third-order valence-electron chi connectivity index (χ3n) is 4.09. The number of hydrogen-bond acceptors (Lipinski definition) is 2. The zero-order valence-corrected chi connectivity index (χ0v) is 13.4. The highest BCUT2D eigenvalue weighted by atomic mass is 32.1. The van der Waals surface area contributed by atoms with Gasteiger partial charge < -0.3 is 0 Å². The summed E-state index contributed by atoms with van der Waals surface area (Å²) in [6.07, 6.45) is 0. The molecule has 2 heteroatoms. The summed E-state index contributed by atoms with van der Waals surface area (Å²) >= 11 is 3.76. The maximum absolute atomic E-state index is 2.32. The molecule has 0 N–H and O–H groups in total. The molecule has 0 radical (unpaired) electrons. The van der Waals surface area contributed by atoms with Crippen LogP contribution in [0.25, 0.3) is 40.7 Å². The molecule has 2 aromatic heterocycles. The van der Waals surface area contributed by atoms with E-state index in [1.54, 1.807) is 0 Å². The Morgan fingerprint density at radius 2 is 1.36 bits per heavy atom. The fraction of sp³-hybridized carbons (Fsp3) is 0. The van der Waals surface area contributed by atoms with E-state index in [-0.39, 0.29) is 0 Å². The molecule has 104 valence electrons. The van der Waals surface area contributed by atoms with Crippen LogP contribution in [-0.2, 0) is 0 Å². The molecule has 0 aliphatic rings. The van der Waals surface area contributed by atoms with Gasteiger partial charge in [0, 0.05) is 35.3 Å². The lowest BCUT2D eigenvalue weighted by Crippen LogP contribution is -1.74. The van der Waals surface area contributed by atoms with Crippen molar-refractivity contribution >= 4 is 52.9 Å². The van der Waals surface area contributed by atoms with Crippen LogP contribution in [0.5, 0.6) is 0 Å². The van der Waals surface area contributed by atoms with Crippen LogP contribution < -0.4 is 0 Å². The number of fused-ring (bicyclic) bond motifs is 4. The SMILES string of the molecule is c1ccc2sc(-c3cccc4sc5ccccc5c34)cc2c1. The van der Waals surface area contributed by atoms with Crippen molar-refractivity contribution in [3.8, 4) is 10.4 Å². The van der Waals surface area contributed by atoms with E-state index in [0.717, 1.165) is 0 Å². The number of rotatable bonds is 1. The Hall–Kier alpha value is -2.16. The Kier molecular flexibility index (Phi) is 2.63. The minimum Gasteiger partial charge on any atom is -0.135 e. The summed E-state index contributed by atoms with van der Waals surface area (Å²) < 4.78 is 4.09. The average molecular weight is 316 g/mol. The summed E-state index contributed by atoms with van der Waals surface area (Å²) in [4.78, 5) is 1.36. The van der Waals surface area contributed by atoms with E-state index >= 15 is 0 Å². The second kappa shape index (κ2) is 4.67. The second-order valence-corrected chi connectivity index (χ2v) is 7.59. The van der Waals surface area contributed by atoms with E-state index in [4.69, 9.17) is 0 Å². The molecule has 5 aromatic rings. The maximum Gasteiger partial charge on any atom is 0.0362 e. The first-order valence-electron chi connectivity index (χ1n) is 7.29. The molecular formula is C20H12S2. The van der Waals surface area contributed by atoms with Crippen molar-refractivity contribution in [3.05, 3.63) is 72.8 Å². The van der Waals surface area contributed by atoms with Gasteiger partial charge in [-0.15, -0.1) is 22.7 Å². The van der Waals surface area contributed by atoms with Crippen molar-refractivity contribution in [2.45, 2.75) is 0 Å². The highest BCUT2D eigenvalue weighted by molar-refractivity contribution is 7.26. The summed E-state index contributed by atoms with van der Waals surface area (Å²) in [7, 11) is 0. The van der Waals surface area contributed by atoms with E-state index in [1.165, 1.54) is 40.7 Å². The molecular weight excluding hydrogens is 304 g/mol. The average Bonchev–Trinajstić information content (AvgIpc) is 3.15. The lowest BCUT2D eigenvalue weighted by atomic mass is 10.0.